The Bertz CT molecular complexity index is 784. The van der Waals surface area contributed by atoms with Crippen molar-refractivity contribution in [1.82, 2.24) is 4.90 Å². The first-order valence-electron chi connectivity index (χ1n) is 9.92. The number of benzene rings is 1. The Morgan fingerprint density at radius 3 is 2.72 bits per heavy atom. The second-order valence-corrected chi connectivity index (χ2v) is 7.44. The van der Waals surface area contributed by atoms with E-state index in [0.717, 1.165) is 19.3 Å². The summed E-state index contributed by atoms with van der Waals surface area (Å²) in [5, 5.41) is 2.47. The molecule has 0 aromatic heterocycles. The molecule has 1 aliphatic carbocycles. The lowest BCUT2D eigenvalue weighted by Gasteiger charge is -2.34. The summed E-state index contributed by atoms with van der Waals surface area (Å²) in [6, 6.07) is 2.95. The number of hydrogen-bond donors (Lipinski definition) is 2. The fourth-order valence-electron chi connectivity index (χ4n) is 3.66. The van der Waals surface area contributed by atoms with Gasteiger partial charge in [-0.05, 0) is 43.5 Å². The number of amides is 3. The maximum absolute atomic E-state index is 14.6. The number of primary amides is 1. The molecule has 3 amide bonds. The van der Waals surface area contributed by atoms with Crippen molar-refractivity contribution in [3.8, 4) is 0 Å². The van der Waals surface area contributed by atoms with Crippen molar-refractivity contribution in [3.63, 3.8) is 0 Å². The van der Waals surface area contributed by atoms with Crippen LogP contribution in [0, 0.1) is 11.7 Å². The number of nitrogens with zero attached hydrogens (tertiary/aromatic N) is 2. The third kappa shape index (κ3) is 4.91. The summed E-state index contributed by atoms with van der Waals surface area (Å²) in [6.45, 7) is 3.61. The van der Waals surface area contributed by atoms with E-state index in [1.54, 1.807) is 11.0 Å². The smallest absolute Gasteiger partial charge is 0.253 e. The predicted octanol–water partition coefficient (Wildman–Crippen LogP) is 1.10. The zero-order valence-corrected chi connectivity index (χ0v) is 16.5. The summed E-state index contributed by atoms with van der Waals surface area (Å²) >= 11 is 0. The first kappa shape index (κ1) is 21.2. The fraction of sp³-hybridized carbons (Fsp3) is 0.550. The lowest BCUT2D eigenvalue weighted by atomic mass is 9.85. The Morgan fingerprint density at radius 1 is 1.41 bits per heavy atom. The maximum Gasteiger partial charge on any atom is 0.253 e. The highest BCUT2D eigenvalue weighted by Crippen LogP contribution is 2.28. The molecule has 8 nitrogen and oxygen atoms in total. The Hall–Kier alpha value is -2.52. The van der Waals surface area contributed by atoms with Crippen LogP contribution in [0.15, 0.2) is 18.2 Å². The standard InChI is InChI=1S/C20H27FN4O4/c1-2-24(11-13-4-3-5-13)18(19(22)27)20(28)23-16-7-6-14(10-15(16)21)25-8-9-29-12-17(25)26/h6-7,10,13,18H,2-5,8-9,11-12H2,1H3,(H2,22,27)(H,23,28)/t18-/m0/s1. The van der Waals surface area contributed by atoms with Gasteiger partial charge in [-0.15, -0.1) is 0 Å². The fourth-order valence-corrected chi connectivity index (χ4v) is 3.66. The largest absolute Gasteiger partial charge is 0.370 e. The number of anilines is 2. The van der Waals surface area contributed by atoms with E-state index in [9.17, 15) is 18.8 Å². The van der Waals surface area contributed by atoms with E-state index >= 15 is 0 Å². The van der Waals surface area contributed by atoms with Crippen LogP contribution in [0.25, 0.3) is 0 Å². The highest BCUT2D eigenvalue weighted by Gasteiger charge is 2.33. The summed E-state index contributed by atoms with van der Waals surface area (Å²) in [7, 11) is 0. The molecule has 2 aliphatic rings. The molecule has 29 heavy (non-hydrogen) atoms. The lowest BCUT2D eigenvalue weighted by Crippen LogP contribution is -2.53. The van der Waals surface area contributed by atoms with Gasteiger partial charge in [0, 0.05) is 18.8 Å². The topological polar surface area (TPSA) is 105 Å². The molecule has 1 aliphatic heterocycles. The van der Waals surface area contributed by atoms with Gasteiger partial charge < -0.3 is 20.7 Å². The third-order valence-electron chi connectivity index (χ3n) is 5.51. The summed E-state index contributed by atoms with van der Waals surface area (Å²) in [5.74, 6) is -1.92. The Morgan fingerprint density at radius 2 is 2.17 bits per heavy atom. The van der Waals surface area contributed by atoms with E-state index in [0.29, 0.717) is 37.8 Å². The summed E-state index contributed by atoms with van der Waals surface area (Å²) in [6.07, 6.45) is 3.29. The zero-order chi connectivity index (χ0) is 21.0. The van der Waals surface area contributed by atoms with Gasteiger partial charge in [0.15, 0.2) is 6.04 Å². The van der Waals surface area contributed by atoms with Crippen molar-refractivity contribution in [2.45, 2.75) is 32.2 Å². The number of nitrogens with two attached hydrogens (primary N) is 1. The number of morpholine rings is 1. The van der Waals surface area contributed by atoms with Gasteiger partial charge in [-0.25, -0.2) is 4.39 Å². The number of likely N-dealkylation sites (N-methyl/N-ethyl adjacent to an activating group) is 1. The summed E-state index contributed by atoms with van der Waals surface area (Å²) < 4.78 is 19.7. The normalized spacial score (nSPS) is 18.4. The molecular weight excluding hydrogens is 379 g/mol. The highest BCUT2D eigenvalue weighted by molar-refractivity contribution is 6.09. The molecule has 1 aromatic carbocycles. The van der Waals surface area contributed by atoms with E-state index in [4.69, 9.17) is 10.5 Å². The van der Waals surface area contributed by atoms with Gasteiger partial charge in [0.2, 0.25) is 5.91 Å². The minimum atomic E-state index is -1.17. The van der Waals surface area contributed by atoms with E-state index < -0.39 is 23.7 Å². The van der Waals surface area contributed by atoms with Crippen molar-refractivity contribution in [2.75, 3.05) is 43.1 Å². The molecule has 1 atom stereocenters. The quantitative estimate of drug-likeness (QED) is 0.629. The molecule has 9 heteroatoms. The van der Waals surface area contributed by atoms with Crippen molar-refractivity contribution < 1.29 is 23.5 Å². The first-order chi connectivity index (χ1) is 13.9. The van der Waals surface area contributed by atoms with Crippen molar-refractivity contribution >= 4 is 29.1 Å². The van der Waals surface area contributed by atoms with Crippen LogP contribution in [0.5, 0.6) is 0 Å². The minimum Gasteiger partial charge on any atom is -0.370 e. The number of carbonyl (C=O) groups excluding carboxylic acids is 3. The first-order valence-corrected chi connectivity index (χ1v) is 9.92. The molecular formula is C20H27FN4O4. The molecule has 1 saturated carbocycles. The summed E-state index contributed by atoms with van der Waals surface area (Å²) in [4.78, 5) is 39.8. The van der Waals surface area contributed by atoms with Crippen molar-refractivity contribution in [3.05, 3.63) is 24.0 Å². The Balaban J connectivity index is 1.71. The average Bonchev–Trinajstić information content (AvgIpc) is 2.65. The molecule has 1 aromatic rings. The Kier molecular flexibility index (Phi) is 6.81. The molecule has 1 heterocycles. The highest BCUT2D eigenvalue weighted by atomic mass is 19.1. The van der Waals surface area contributed by atoms with E-state index in [-0.39, 0.29) is 18.2 Å². The molecule has 0 unspecified atom stereocenters. The number of hydrogen-bond acceptors (Lipinski definition) is 5. The van der Waals surface area contributed by atoms with E-state index in [1.165, 1.54) is 17.0 Å². The van der Waals surface area contributed by atoms with Crippen LogP contribution < -0.4 is 16.0 Å². The zero-order valence-electron chi connectivity index (χ0n) is 16.5. The van der Waals surface area contributed by atoms with Crippen LogP contribution in [0.3, 0.4) is 0 Å². The monoisotopic (exact) mass is 406 g/mol. The molecule has 158 valence electrons. The van der Waals surface area contributed by atoms with Gasteiger partial charge in [0.05, 0.1) is 12.3 Å². The molecule has 0 spiro atoms. The molecule has 2 fully saturated rings. The minimum absolute atomic E-state index is 0.0474. The van der Waals surface area contributed by atoms with Crippen LogP contribution in [-0.4, -0.2) is 61.5 Å². The summed E-state index contributed by atoms with van der Waals surface area (Å²) in [5.41, 5.74) is 5.81. The van der Waals surface area contributed by atoms with Crippen LogP contribution in [-0.2, 0) is 19.1 Å². The lowest BCUT2D eigenvalue weighted by molar-refractivity contribution is -0.133. The van der Waals surface area contributed by atoms with Gasteiger partial charge in [-0.1, -0.05) is 13.3 Å². The third-order valence-corrected chi connectivity index (χ3v) is 5.51. The van der Waals surface area contributed by atoms with Crippen LogP contribution >= 0.6 is 0 Å². The number of rotatable bonds is 8. The molecule has 1 saturated heterocycles. The van der Waals surface area contributed by atoms with Crippen LogP contribution in [0.1, 0.15) is 26.2 Å². The van der Waals surface area contributed by atoms with E-state index in [2.05, 4.69) is 5.32 Å². The van der Waals surface area contributed by atoms with Gasteiger partial charge >= 0.3 is 0 Å². The van der Waals surface area contributed by atoms with Gasteiger partial charge in [0.1, 0.15) is 12.4 Å². The van der Waals surface area contributed by atoms with E-state index in [1.807, 2.05) is 6.92 Å². The second kappa shape index (κ2) is 9.32. The Labute approximate surface area is 169 Å². The second-order valence-electron chi connectivity index (χ2n) is 7.44. The number of ether oxygens (including phenoxy) is 1. The predicted molar refractivity (Wildman–Crippen MR) is 106 cm³/mol. The SMILES string of the molecule is CCN(CC1CCC1)[C@@H](C(N)=O)C(=O)Nc1ccc(N2CCOCC2=O)cc1F. The number of carbonyl (C=O) groups is 3. The molecule has 3 rings (SSSR count). The van der Waals surface area contributed by atoms with Crippen molar-refractivity contribution in [1.29, 1.82) is 0 Å². The van der Waals surface area contributed by atoms with Gasteiger partial charge in [-0.3, -0.25) is 19.3 Å². The number of nitrogens with one attached hydrogen (secondary N) is 1. The average molecular weight is 406 g/mol. The molecule has 0 radical (unpaired) electrons. The maximum atomic E-state index is 14.6. The molecule has 3 N–H and O–H groups in total. The van der Waals surface area contributed by atoms with Crippen LogP contribution in [0.4, 0.5) is 15.8 Å². The van der Waals surface area contributed by atoms with Crippen LogP contribution in [0.2, 0.25) is 0 Å². The van der Waals surface area contributed by atoms with Crippen molar-refractivity contribution in [2.24, 2.45) is 11.7 Å². The number of halogens is 1. The molecule has 0 bridgehead atoms. The van der Waals surface area contributed by atoms with Gasteiger partial charge in [0.25, 0.3) is 11.8 Å². The van der Waals surface area contributed by atoms with Gasteiger partial charge in [-0.2, -0.15) is 0 Å².